The van der Waals surface area contributed by atoms with Gasteiger partial charge in [0.15, 0.2) is 11.0 Å². The third kappa shape index (κ3) is 3.81. The number of benzene rings is 3. The molecule has 27 heavy (non-hydrogen) atoms. The fourth-order valence-electron chi connectivity index (χ4n) is 3.10. The van der Waals surface area contributed by atoms with Crippen molar-refractivity contribution in [2.24, 2.45) is 0 Å². The van der Waals surface area contributed by atoms with Gasteiger partial charge in [0.1, 0.15) is 0 Å². The van der Waals surface area contributed by atoms with Crippen LogP contribution in [0.5, 0.6) is 0 Å². The zero-order valence-corrected chi connectivity index (χ0v) is 16.3. The topological polar surface area (TPSA) is 30.7 Å². The molecule has 1 heterocycles. The maximum Gasteiger partial charge on any atom is 0.196 e. The number of rotatable bonds is 5. The maximum absolute atomic E-state index is 4.51. The van der Waals surface area contributed by atoms with Crippen molar-refractivity contribution in [1.82, 2.24) is 14.8 Å². The fraction of sp³-hybridized carbons (Fsp3) is 0.130. The van der Waals surface area contributed by atoms with Gasteiger partial charge in [0.05, 0.1) is 0 Å². The van der Waals surface area contributed by atoms with E-state index in [9.17, 15) is 0 Å². The Hall–Kier alpha value is -2.85. The number of para-hydroxylation sites is 1. The molecule has 0 radical (unpaired) electrons. The van der Waals surface area contributed by atoms with Crippen molar-refractivity contribution in [3.63, 3.8) is 0 Å². The number of nitrogens with zero attached hydrogens (tertiary/aromatic N) is 3. The Morgan fingerprint density at radius 2 is 1.52 bits per heavy atom. The van der Waals surface area contributed by atoms with Gasteiger partial charge in [-0.25, -0.2) is 0 Å². The van der Waals surface area contributed by atoms with Gasteiger partial charge in [-0.2, -0.15) is 0 Å². The van der Waals surface area contributed by atoms with Crippen molar-refractivity contribution in [1.29, 1.82) is 0 Å². The van der Waals surface area contributed by atoms with E-state index in [1.165, 1.54) is 16.7 Å². The lowest BCUT2D eigenvalue weighted by molar-refractivity contribution is 0.886. The van der Waals surface area contributed by atoms with Crippen molar-refractivity contribution in [2.45, 2.75) is 24.8 Å². The van der Waals surface area contributed by atoms with Crippen LogP contribution in [0.3, 0.4) is 0 Å². The van der Waals surface area contributed by atoms with E-state index in [1.54, 1.807) is 11.8 Å². The van der Waals surface area contributed by atoms with Gasteiger partial charge in [-0.15, -0.1) is 10.2 Å². The minimum atomic E-state index is 0.866. The molecule has 0 saturated carbocycles. The van der Waals surface area contributed by atoms with Gasteiger partial charge in [0, 0.05) is 17.0 Å². The maximum atomic E-state index is 4.51. The number of thioether (sulfide) groups is 1. The van der Waals surface area contributed by atoms with Gasteiger partial charge in [0.25, 0.3) is 0 Å². The van der Waals surface area contributed by atoms with E-state index in [0.717, 1.165) is 28.0 Å². The molecule has 0 N–H and O–H groups in total. The van der Waals surface area contributed by atoms with E-state index in [-0.39, 0.29) is 0 Å². The summed E-state index contributed by atoms with van der Waals surface area (Å²) in [6.07, 6.45) is 0. The summed E-state index contributed by atoms with van der Waals surface area (Å²) < 4.78 is 2.14. The molecule has 4 aromatic rings. The average molecular weight is 372 g/mol. The molecule has 0 aliphatic rings. The quantitative estimate of drug-likeness (QED) is 0.413. The molecule has 4 heteroatoms. The lowest BCUT2D eigenvalue weighted by Gasteiger charge is -2.11. The lowest BCUT2D eigenvalue weighted by Crippen LogP contribution is -1.99. The normalized spacial score (nSPS) is 10.9. The lowest BCUT2D eigenvalue weighted by atomic mass is 10.1. The number of aryl methyl sites for hydroxylation is 2. The Morgan fingerprint density at radius 1 is 0.815 bits per heavy atom. The van der Waals surface area contributed by atoms with Crippen LogP contribution in [0.4, 0.5) is 0 Å². The zero-order chi connectivity index (χ0) is 18.6. The first-order chi connectivity index (χ1) is 13.2. The second-order valence-corrected chi connectivity index (χ2v) is 7.50. The molecule has 0 amide bonds. The van der Waals surface area contributed by atoms with Crippen LogP contribution in [0, 0.1) is 13.8 Å². The van der Waals surface area contributed by atoms with E-state index in [0.29, 0.717) is 0 Å². The highest BCUT2D eigenvalue weighted by molar-refractivity contribution is 7.98. The van der Waals surface area contributed by atoms with Gasteiger partial charge >= 0.3 is 0 Å². The molecule has 134 valence electrons. The fourth-order valence-corrected chi connectivity index (χ4v) is 4.13. The average Bonchev–Trinajstić information content (AvgIpc) is 3.12. The molecule has 0 aliphatic carbocycles. The number of hydrogen-bond donors (Lipinski definition) is 0. The SMILES string of the molecule is Cc1ccc(CSc2nnc(-c3ccccc3)n2-c2ccccc2)c(C)c1. The van der Waals surface area contributed by atoms with Crippen molar-refractivity contribution in [3.05, 3.63) is 95.6 Å². The van der Waals surface area contributed by atoms with Crippen molar-refractivity contribution in [2.75, 3.05) is 0 Å². The van der Waals surface area contributed by atoms with Crippen molar-refractivity contribution in [3.8, 4) is 17.1 Å². The van der Waals surface area contributed by atoms with Crippen molar-refractivity contribution >= 4 is 11.8 Å². The Bertz CT molecular complexity index is 1040. The van der Waals surface area contributed by atoms with E-state index in [1.807, 2.05) is 36.4 Å². The first kappa shape index (κ1) is 17.6. The molecule has 3 aromatic carbocycles. The molecule has 0 atom stereocenters. The molecule has 3 nitrogen and oxygen atoms in total. The number of hydrogen-bond acceptors (Lipinski definition) is 3. The summed E-state index contributed by atoms with van der Waals surface area (Å²) >= 11 is 1.72. The van der Waals surface area contributed by atoms with Crippen LogP contribution in [0.15, 0.2) is 84.0 Å². The van der Waals surface area contributed by atoms with Crippen molar-refractivity contribution < 1.29 is 0 Å². The van der Waals surface area contributed by atoms with Crippen LogP contribution in [0.1, 0.15) is 16.7 Å². The molecule has 0 aliphatic heterocycles. The second-order valence-electron chi connectivity index (χ2n) is 6.56. The standard InChI is InChI=1S/C23H21N3S/c1-17-13-14-20(18(2)15-17)16-27-23-25-24-22(19-9-5-3-6-10-19)26(23)21-11-7-4-8-12-21/h3-15H,16H2,1-2H3. The highest BCUT2D eigenvalue weighted by atomic mass is 32.2. The molecular formula is C23H21N3S. The Balaban J connectivity index is 1.71. The van der Waals surface area contributed by atoms with Crippen LogP contribution >= 0.6 is 11.8 Å². The predicted molar refractivity (Wildman–Crippen MR) is 112 cm³/mol. The molecule has 0 fully saturated rings. The van der Waals surface area contributed by atoms with Crippen LogP contribution < -0.4 is 0 Å². The summed E-state index contributed by atoms with van der Waals surface area (Å²) in [5.74, 6) is 1.73. The molecule has 1 aromatic heterocycles. The molecule has 0 saturated heterocycles. The molecular weight excluding hydrogens is 350 g/mol. The molecule has 0 bridgehead atoms. The third-order valence-electron chi connectivity index (χ3n) is 4.53. The van der Waals surface area contributed by atoms with E-state index < -0.39 is 0 Å². The molecule has 0 spiro atoms. The van der Waals surface area contributed by atoms with E-state index in [4.69, 9.17) is 0 Å². The van der Waals surface area contributed by atoms with Crippen LogP contribution in [0.2, 0.25) is 0 Å². The molecule has 0 unspecified atom stereocenters. The van der Waals surface area contributed by atoms with Gasteiger partial charge in [-0.1, -0.05) is 84.1 Å². The first-order valence-electron chi connectivity index (χ1n) is 8.97. The van der Waals surface area contributed by atoms with Gasteiger partial charge in [-0.3, -0.25) is 4.57 Å². The minimum absolute atomic E-state index is 0.866. The van der Waals surface area contributed by atoms with Gasteiger partial charge in [0.2, 0.25) is 0 Å². The summed E-state index contributed by atoms with van der Waals surface area (Å²) in [7, 11) is 0. The zero-order valence-electron chi connectivity index (χ0n) is 15.5. The van der Waals surface area contributed by atoms with Crippen LogP contribution in [0.25, 0.3) is 17.1 Å². The summed E-state index contributed by atoms with van der Waals surface area (Å²) in [6, 6.07) is 27.1. The largest absolute Gasteiger partial charge is 0.270 e. The van der Waals surface area contributed by atoms with E-state index >= 15 is 0 Å². The van der Waals surface area contributed by atoms with Crippen LogP contribution in [-0.2, 0) is 5.75 Å². The predicted octanol–water partition coefficient (Wildman–Crippen LogP) is 5.84. The highest BCUT2D eigenvalue weighted by Gasteiger charge is 2.16. The monoisotopic (exact) mass is 371 g/mol. The highest BCUT2D eigenvalue weighted by Crippen LogP contribution is 2.30. The summed E-state index contributed by atoms with van der Waals surface area (Å²) in [6.45, 7) is 4.29. The van der Waals surface area contributed by atoms with Gasteiger partial charge in [-0.05, 0) is 37.1 Å². The molecule has 4 rings (SSSR count). The summed E-state index contributed by atoms with van der Waals surface area (Å²) in [5, 5.41) is 9.91. The Kier molecular flexibility index (Phi) is 5.07. The van der Waals surface area contributed by atoms with Crippen LogP contribution in [-0.4, -0.2) is 14.8 Å². The number of aromatic nitrogens is 3. The summed E-state index contributed by atoms with van der Waals surface area (Å²) in [5.41, 5.74) is 6.07. The second kappa shape index (κ2) is 7.80. The van der Waals surface area contributed by atoms with Gasteiger partial charge < -0.3 is 0 Å². The Morgan fingerprint density at radius 3 is 2.22 bits per heavy atom. The van der Waals surface area contributed by atoms with E-state index in [2.05, 4.69) is 71.1 Å². The third-order valence-corrected chi connectivity index (χ3v) is 5.51. The summed E-state index contributed by atoms with van der Waals surface area (Å²) in [4.78, 5) is 0. The smallest absolute Gasteiger partial charge is 0.196 e. The first-order valence-corrected chi connectivity index (χ1v) is 9.96. The Labute approximate surface area is 164 Å². The minimum Gasteiger partial charge on any atom is -0.270 e.